The average molecular weight is 406 g/mol. The number of rotatable bonds is 7. The minimum absolute atomic E-state index is 0.0544. The molecule has 0 heterocycles. The number of nitrogens with zero attached hydrogens (tertiary/aromatic N) is 2. The van der Waals surface area contributed by atoms with Crippen LogP contribution >= 0.6 is 0 Å². The van der Waals surface area contributed by atoms with Crippen LogP contribution in [0, 0.1) is 0 Å². The number of guanidine groups is 1. The van der Waals surface area contributed by atoms with Gasteiger partial charge in [0, 0.05) is 27.2 Å². The first-order chi connectivity index (χ1) is 13.8. The summed E-state index contributed by atoms with van der Waals surface area (Å²) >= 11 is 0. The van der Waals surface area contributed by atoms with E-state index in [0.717, 1.165) is 24.1 Å². The molecule has 0 saturated heterocycles. The maximum Gasteiger partial charge on any atom is 0.416 e. The van der Waals surface area contributed by atoms with Crippen molar-refractivity contribution in [2.75, 3.05) is 27.2 Å². The summed E-state index contributed by atoms with van der Waals surface area (Å²) in [6.45, 7) is 0.941. The van der Waals surface area contributed by atoms with Gasteiger partial charge in [-0.15, -0.1) is 0 Å². The zero-order valence-corrected chi connectivity index (χ0v) is 16.5. The Labute approximate surface area is 168 Å². The predicted octanol–water partition coefficient (Wildman–Crippen LogP) is 3.07. The normalized spacial score (nSPS) is 11.8. The van der Waals surface area contributed by atoms with E-state index in [0.29, 0.717) is 24.6 Å². The van der Waals surface area contributed by atoms with Gasteiger partial charge in [-0.1, -0.05) is 42.5 Å². The second-order valence-corrected chi connectivity index (χ2v) is 6.54. The highest BCUT2D eigenvalue weighted by Crippen LogP contribution is 2.29. The van der Waals surface area contributed by atoms with Gasteiger partial charge in [0.05, 0.1) is 12.1 Å². The third kappa shape index (κ3) is 7.48. The van der Waals surface area contributed by atoms with E-state index in [1.54, 1.807) is 19.0 Å². The van der Waals surface area contributed by atoms with Crippen molar-refractivity contribution in [1.82, 2.24) is 15.5 Å². The molecule has 0 bridgehead atoms. The zero-order valence-electron chi connectivity index (χ0n) is 16.5. The minimum Gasteiger partial charge on any atom is -0.354 e. The van der Waals surface area contributed by atoms with Crippen molar-refractivity contribution in [2.24, 2.45) is 4.99 Å². The van der Waals surface area contributed by atoms with E-state index in [-0.39, 0.29) is 12.5 Å². The summed E-state index contributed by atoms with van der Waals surface area (Å²) in [5, 5.41) is 5.80. The van der Waals surface area contributed by atoms with Crippen LogP contribution in [0.3, 0.4) is 0 Å². The molecule has 5 nitrogen and oxygen atoms in total. The number of amides is 1. The predicted molar refractivity (Wildman–Crippen MR) is 107 cm³/mol. The zero-order chi connectivity index (χ0) is 21.3. The number of hydrogen-bond acceptors (Lipinski definition) is 2. The molecule has 156 valence electrons. The molecule has 29 heavy (non-hydrogen) atoms. The molecule has 2 rings (SSSR count). The van der Waals surface area contributed by atoms with Gasteiger partial charge in [0.25, 0.3) is 0 Å². The summed E-state index contributed by atoms with van der Waals surface area (Å²) in [6.07, 6.45) is -3.61. The maximum atomic E-state index is 12.6. The topological polar surface area (TPSA) is 56.7 Å². The lowest BCUT2D eigenvalue weighted by atomic mass is 10.1. The summed E-state index contributed by atoms with van der Waals surface area (Å²) in [5.41, 5.74) is 1.17. The van der Waals surface area contributed by atoms with Crippen LogP contribution in [0.15, 0.2) is 59.6 Å². The second kappa shape index (κ2) is 10.5. The molecule has 0 unspecified atom stereocenters. The largest absolute Gasteiger partial charge is 0.416 e. The van der Waals surface area contributed by atoms with Crippen LogP contribution < -0.4 is 10.6 Å². The fraction of sp³-hybridized carbons (Fsp3) is 0.333. The van der Waals surface area contributed by atoms with Crippen molar-refractivity contribution in [3.05, 3.63) is 71.3 Å². The average Bonchev–Trinajstić information content (AvgIpc) is 2.69. The van der Waals surface area contributed by atoms with Gasteiger partial charge in [-0.25, -0.2) is 0 Å². The first kappa shape index (κ1) is 22.3. The van der Waals surface area contributed by atoms with E-state index in [2.05, 4.69) is 15.6 Å². The Bertz CT molecular complexity index is 805. The smallest absolute Gasteiger partial charge is 0.354 e. The van der Waals surface area contributed by atoms with Crippen molar-refractivity contribution in [2.45, 2.75) is 19.1 Å². The number of carbonyl (C=O) groups excluding carboxylic acids is 1. The molecule has 0 aliphatic carbocycles. The lowest BCUT2D eigenvalue weighted by Crippen LogP contribution is -2.44. The minimum atomic E-state index is -4.35. The van der Waals surface area contributed by atoms with Crippen molar-refractivity contribution >= 4 is 11.9 Å². The Morgan fingerprint density at radius 3 is 2.24 bits per heavy atom. The Hall–Kier alpha value is -3.03. The summed E-state index contributed by atoms with van der Waals surface area (Å²) in [6, 6.07) is 14.8. The number of benzene rings is 2. The fourth-order valence-corrected chi connectivity index (χ4v) is 2.75. The molecule has 0 saturated carbocycles. The van der Waals surface area contributed by atoms with Crippen molar-refractivity contribution < 1.29 is 18.0 Å². The van der Waals surface area contributed by atoms with Crippen LogP contribution in [-0.4, -0.2) is 44.0 Å². The van der Waals surface area contributed by atoms with Gasteiger partial charge in [0.2, 0.25) is 5.91 Å². The number of halogens is 3. The van der Waals surface area contributed by atoms with Crippen LogP contribution in [0.1, 0.15) is 16.7 Å². The molecule has 2 aromatic rings. The van der Waals surface area contributed by atoms with Crippen molar-refractivity contribution in [1.29, 1.82) is 0 Å². The third-order valence-electron chi connectivity index (χ3n) is 4.26. The maximum absolute atomic E-state index is 12.6. The molecular weight excluding hydrogens is 381 g/mol. The summed E-state index contributed by atoms with van der Waals surface area (Å²) in [7, 11) is 3.33. The molecule has 0 fully saturated rings. The highest BCUT2D eigenvalue weighted by Gasteiger charge is 2.29. The van der Waals surface area contributed by atoms with Gasteiger partial charge in [-0.05, 0) is 29.7 Å². The van der Waals surface area contributed by atoms with Crippen LogP contribution in [0.25, 0.3) is 0 Å². The number of carbonyl (C=O) groups is 1. The number of aliphatic imine (C=N–C) groups is 1. The summed E-state index contributed by atoms with van der Waals surface area (Å²) < 4.78 is 37.9. The molecule has 0 aliphatic rings. The highest BCUT2D eigenvalue weighted by molar-refractivity contribution is 5.86. The van der Waals surface area contributed by atoms with E-state index in [1.807, 2.05) is 30.3 Å². The van der Waals surface area contributed by atoms with E-state index in [1.165, 1.54) is 12.1 Å². The number of nitrogens with one attached hydrogen (secondary N) is 2. The molecule has 0 radical (unpaired) electrons. The van der Waals surface area contributed by atoms with Gasteiger partial charge in [-0.2, -0.15) is 13.2 Å². The highest BCUT2D eigenvalue weighted by atomic mass is 19.4. The quantitative estimate of drug-likeness (QED) is 0.549. The van der Waals surface area contributed by atoms with Crippen LogP contribution in [0.5, 0.6) is 0 Å². The second-order valence-electron chi connectivity index (χ2n) is 6.54. The van der Waals surface area contributed by atoms with Gasteiger partial charge in [0.1, 0.15) is 0 Å². The lowest BCUT2D eigenvalue weighted by molar-refractivity contribution is -0.137. The first-order valence-corrected chi connectivity index (χ1v) is 9.18. The van der Waals surface area contributed by atoms with E-state index in [4.69, 9.17) is 0 Å². The Balaban J connectivity index is 1.77. The van der Waals surface area contributed by atoms with Gasteiger partial charge in [-0.3, -0.25) is 9.79 Å². The number of hydrogen-bond donors (Lipinski definition) is 2. The number of alkyl halides is 3. The molecule has 2 N–H and O–H groups in total. The lowest BCUT2D eigenvalue weighted by Gasteiger charge is -2.22. The van der Waals surface area contributed by atoms with Crippen LogP contribution in [0.4, 0.5) is 13.2 Å². The van der Waals surface area contributed by atoms with Crippen LogP contribution in [-0.2, 0) is 23.9 Å². The third-order valence-corrected chi connectivity index (χ3v) is 4.26. The van der Waals surface area contributed by atoms with E-state index in [9.17, 15) is 18.0 Å². The van der Waals surface area contributed by atoms with Gasteiger partial charge >= 0.3 is 6.18 Å². The van der Waals surface area contributed by atoms with Crippen molar-refractivity contribution in [3.8, 4) is 0 Å². The molecular formula is C21H25F3N4O. The molecule has 0 aromatic heterocycles. The van der Waals surface area contributed by atoms with Gasteiger partial charge in [0.15, 0.2) is 5.96 Å². The molecule has 0 atom stereocenters. The molecule has 0 aliphatic heterocycles. The molecule has 8 heteroatoms. The Morgan fingerprint density at radius 1 is 1.00 bits per heavy atom. The molecule has 0 spiro atoms. The Kier molecular flexibility index (Phi) is 8.06. The first-order valence-electron chi connectivity index (χ1n) is 9.18. The van der Waals surface area contributed by atoms with E-state index >= 15 is 0 Å². The van der Waals surface area contributed by atoms with E-state index < -0.39 is 11.7 Å². The van der Waals surface area contributed by atoms with Crippen LogP contribution in [0.2, 0.25) is 0 Å². The summed E-state index contributed by atoms with van der Waals surface area (Å²) in [5.74, 6) is 0.313. The van der Waals surface area contributed by atoms with Gasteiger partial charge < -0.3 is 15.5 Å². The Morgan fingerprint density at radius 2 is 1.66 bits per heavy atom. The summed E-state index contributed by atoms with van der Waals surface area (Å²) in [4.78, 5) is 17.9. The standard InChI is InChI=1S/C21H25F3N4O/c1-25-20(27-14-19(29)26-13-12-16-6-4-3-5-7-16)28(2)15-17-8-10-18(11-9-17)21(22,23)24/h3-11H,12-15H2,1-2H3,(H,25,27)(H,26,29). The van der Waals surface area contributed by atoms with Crippen molar-refractivity contribution in [3.63, 3.8) is 0 Å². The monoisotopic (exact) mass is 406 g/mol. The SMILES string of the molecule is CN=C(NCC(=O)NCCc1ccccc1)N(C)Cc1ccc(C(F)(F)F)cc1. The fourth-order valence-electron chi connectivity index (χ4n) is 2.75. The molecule has 1 amide bonds. The molecule has 2 aromatic carbocycles.